The van der Waals surface area contributed by atoms with E-state index in [0.717, 1.165) is 16.1 Å². The standard InChI is InChI=1S/C16H14N2OS/c1-12-4-2-3-5-15(12)16(19)18-13-6-8-14(9-7-13)20-11-10-17/h2-9H,11H2,1H3,(H,18,19). The van der Waals surface area contributed by atoms with Gasteiger partial charge in [-0.05, 0) is 42.8 Å². The van der Waals surface area contributed by atoms with Crippen molar-refractivity contribution in [3.8, 4) is 6.07 Å². The molecule has 20 heavy (non-hydrogen) atoms. The molecule has 0 heterocycles. The number of carbonyl (C=O) groups excluding carboxylic acids is 1. The minimum Gasteiger partial charge on any atom is -0.322 e. The van der Waals surface area contributed by atoms with Crippen molar-refractivity contribution in [1.82, 2.24) is 0 Å². The van der Waals surface area contributed by atoms with Crippen molar-refractivity contribution >= 4 is 23.4 Å². The second kappa shape index (κ2) is 6.78. The van der Waals surface area contributed by atoms with Crippen molar-refractivity contribution in [2.24, 2.45) is 0 Å². The highest BCUT2D eigenvalue weighted by Gasteiger charge is 2.08. The SMILES string of the molecule is Cc1ccccc1C(=O)Nc1ccc(SCC#N)cc1. The minimum atomic E-state index is -0.111. The number of rotatable bonds is 4. The van der Waals surface area contributed by atoms with Gasteiger partial charge in [0, 0.05) is 16.1 Å². The van der Waals surface area contributed by atoms with Crippen LogP contribution in [0.2, 0.25) is 0 Å². The summed E-state index contributed by atoms with van der Waals surface area (Å²) in [4.78, 5) is 13.1. The molecular formula is C16H14N2OS. The van der Waals surface area contributed by atoms with E-state index in [0.29, 0.717) is 11.3 Å². The van der Waals surface area contributed by atoms with Crippen LogP contribution in [0.1, 0.15) is 15.9 Å². The fourth-order valence-corrected chi connectivity index (χ4v) is 2.34. The zero-order chi connectivity index (χ0) is 14.4. The van der Waals surface area contributed by atoms with Crippen molar-refractivity contribution in [1.29, 1.82) is 5.26 Å². The fourth-order valence-electron chi connectivity index (χ4n) is 1.78. The smallest absolute Gasteiger partial charge is 0.255 e. The van der Waals surface area contributed by atoms with E-state index >= 15 is 0 Å². The van der Waals surface area contributed by atoms with Crippen molar-refractivity contribution in [2.45, 2.75) is 11.8 Å². The average Bonchev–Trinajstić information content (AvgIpc) is 2.47. The van der Waals surface area contributed by atoms with Gasteiger partial charge in [0.25, 0.3) is 5.91 Å². The lowest BCUT2D eigenvalue weighted by Crippen LogP contribution is -2.13. The zero-order valence-corrected chi connectivity index (χ0v) is 11.9. The van der Waals surface area contributed by atoms with E-state index in [9.17, 15) is 4.79 Å². The molecule has 2 aromatic rings. The summed E-state index contributed by atoms with van der Waals surface area (Å²) < 4.78 is 0. The van der Waals surface area contributed by atoms with Crippen LogP contribution in [-0.4, -0.2) is 11.7 Å². The molecule has 2 aromatic carbocycles. The monoisotopic (exact) mass is 282 g/mol. The van der Waals surface area contributed by atoms with Gasteiger partial charge in [-0.2, -0.15) is 5.26 Å². The Balaban J connectivity index is 2.05. The van der Waals surface area contributed by atoms with Crippen molar-refractivity contribution in [3.05, 3.63) is 59.7 Å². The average molecular weight is 282 g/mol. The van der Waals surface area contributed by atoms with E-state index in [1.165, 1.54) is 11.8 Å². The second-order valence-electron chi connectivity index (χ2n) is 4.24. The molecule has 1 N–H and O–H groups in total. The molecule has 0 aliphatic heterocycles. The largest absolute Gasteiger partial charge is 0.322 e. The molecule has 0 aromatic heterocycles. The predicted molar refractivity (Wildman–Crippen MR) is 81.9 cm³/mol. The second-order valence-corrected chi connectivity index (χ2v) is 5.29. The Morgan fingerprint density at radius 1 is 1.20 bits per heavy atom. The maximum atomic E-state index is 12.1. The molecule has 100 valence electrons. The Bertz CT molecular complexity index is 644. The van der Waals surface area contributed by atoms with Crippen LogP contribution in [0, 0.1) is 18.3 Å². The first-order valence-corrected chi connectivity index (χ1v) is 7.16. The first kappa shape index (κ1) is 14.2. The topological polar surface area (TPSA) is 52.9 Å². The Hall–Kier alpha value is -2.25. The summed E-state index contributed by atoms with van der Waals surface area (Å²) in [7, 11) is 0. The Morgan fingerprint density at radius 2 is 1.90 bits per heavy atom. The summed E-state index contributed by atoms with van der Waals surface area (Å²) >= 11 is 1.47. The number of nitrogens with one attached hydrogen (secondary N) is 1. The summed E-state index contributed by atoms with van der Waals surface area (Å²) in [6.45, 7) is 1.91. The molecule has 0 aliphatic carbocycles. The van der Waals surface area contributed by atoms with Gasteiger partial charge in [-0.3, -0.25) is 4.79 Å². The molecule has 0 atom stereocenters. The molecule has 0 saturated heterocycles. The van der Waals surface area contributed by atoms with Crippen molar-refractivity contribution < 1.29 is 4.79 Å². The van der Waals surface area contributed by atoms with E-state index in [2.05, 4.69) is 11.4 Å². The van der Waals surface area contributed by atoms with Crippen LogP contribution in [0.25, 0.3) is 0 Å². The lowest BCUT2D eigenvalue weighted by Gasteiger charge is -2.08. The van der Waals surface area contributed by atoms with Gasteiger partial charge >= 0.3 is 0 Å². The van der Waals surface area contributed by atoms with Gasteiger partial charge in [0.2, 0.25) is 0 Å². The highest BCUT2D eigenvalue weighted by atomic mass is 32.2. The van der Waals surface area contributed by atoms with E-state index in [1.807, 2.05) is 55.5 Å². The lowest BCUT2D eigenvalue weighted by molar-refractivity contribution is 0.102. The number of nitrogens with zero attached hydrogens (tertiary/aromatic N) is 1. The van der Waals surface area contributed by atoms with E-state index in [1.54, 1.807) is 0 Å². The highest BCUT2D eigenvalue weighted by Crippen LogP contribution is 2.20. The molecule has 2 rings (SSSR count). The van der Waals surface area contributed by atoms with E-state index in [4.69, 9.17) is 5.26 Å². The third-order valence-corrected chi connectivity index (χ3v) is 3.68. The summed E-state index contributed by atoms with van der Waals surface area (Å²) in [5, 5.41) is 11.4. The summed E-state index contributed by atoms with van der Waals surface area (Å²) in [6, 6.07) is 17.0. The maximum absolute atomic E-state index is 12.1. The number of carbonyl (C=O) groups is 1. The zero-order valence-electron chi connectivity index (χ0n) is 11.1. The first-order valence-electron chi connectivity index (χ1n) is 6.17. The van der Waals surface area contributed by atoms with Crippen molar-refractivity contribution in [2.75, 3.05) is 11.1 Å². The third-order valence-electron chi connectivity index (χ3n) is 2.81. The fraction of sp³-hybridized carbons (Fsp3) is 0.125. The molecule has 0 bridgehead atoms. The van der Waals surface area contributed by atoms with Crippen LogP contribution >= 0.6 is 11.8 Å². The van der Waals surface area contributed by atoms with Gasteiger partial charge < -0.3 is 5.32 Å². The van der Waals surface area contributed by atoms with Gasteiger partial charge in [0.05, 0.1) is 11.8 Å². The van der Waals surface area contributed by atoms with Crippen LogP contribution < -0.4 is 5.32 Å². The molecule has 1 amide bonds. The Kier molecular flexibility index (Phi) is 4.80. The van der Waals surface area contributed by atoms with Crippen LogP contribution in [0.15, 0.2) is 53.4 Å². The molecule has 4 heteroatoms. The third kappa shape index (κ3) is 3.62. The normalized spacial score (nSPS) is 9.80. The number of thioether (sulfide) groups is 1. The lowest BCUT2D eigenvalue weighted by atomic mass is 10.1. The first-order chi connectivity index (χ1) is 9.70. The Morgan fingerprint density at radius 3 is 2.55 bits per heavy atom. The molecule has 0 aliphatic rings. The van der Waals surface area contributed by atoms with Gasteiger partial charge in [0.1, 0.15) is 0 Å². The summed E-state index contributed by atoms with van der Waals surface area (Å²) in [5.74, 6) is 0.315. The van der Waals surface area contributed by atoms with Crippen LogP contribution in [0.3, 0.4) is 0 Å². The summed E-state index contributed by atoms with van der Waals surface area (Å²) in [6.07, 6.45) is 0. The molecule has 0 spiro atoms. The number of anilines is 1. The molecule has 0 radical (unpaired) electrons. The summed E-state index contributed by atoms with van der Waals surface area (Å²) in [5.41, 5.74) is 2.38. The van der Waals surface area contributed by atoms with Gasteiger partial charge in [-0.15, -0.1) is 11.8 Å². The number of amides is 1. The molecule has 0 fully saturated rings. The van der Waals surface area contributed by atoms with Gasteiger partial charge in [0.15, 0.2) is 0 Å². The van der Waals surface area contributed by atoms with Crippen LogP contribution in [-0.2, 0) is 0 Å². The number of hydrogen-bond donors (Lipinski definition) is 1. The highest BCUT2D eigenvalue weighted by molar-refractivity contribution is 7.99. The number of nitriles is 1. The number of aryl methyl sites for hydroxylation is 1. The number of hydrogen-bond acceptors (Lipinski definition) is 3. The minimum absolute atomic E-state index is 0.111. The van der Waals surface area contributed by atoms with Gasteiger partial charge in [-0.1, -0.05) is 18.2 Å². The predicted octanol–water partition coefficient (Wildman–Crippen LogP) is 3.86. The molecule has 0 unspecified atom stereocenters. The van der Waals surface area contributed by atoms with Gasteiger partial charge in [-0.25, -0.2) is 0 Å². The van der Waals surface area contributed by atoms with E-state index < -0.39 is 0 Å². The molecule has 0 saturated carbocycles. The molecular weight excluding hydrogens is 268 g/mol. The van der Waals surface area contributed by atoms with Crippen molar-refractivity contribution in [3.63, 3.8) is 0 Å². The Labute approximate surface area is 122 Å². The number of benzene rings is 2. The van der Waals surface area contributed by atoms with E-state index in [-0.39, 0.29) is 5.91 Å². The van der Waals surface area contributed by atoms with Crippen LogP contribution in [0.5, 0.6) is 0 Å². The maximum Gasteiger partial charge on any atom is 0.255 e. The molecule has 3 nitrogen and oxygen atoms in total. The van der Waals surface area contributed by atoms with Crippen LogP contribution in [0.4, 0.5) is 5.69 Å². The quantitative estimate of drug-likeness (QED) is 0.866.